The van der Waals surface area contributed by atoms with Crippen molar-refractivity contribution in [2.24, 2.45) is 5.41 Å². The molecule has 1 saturated carbocycles. The van der Waals surface area contributed by atoms with E-state index in [0.29, 0.717) is 12.6 Å². The summed E-state index contributed by atoms with van der Waals surface area (Å²) in [5.41, 5.74) is 1.11. The van der Waals surface area contributed by atoms with E-state index in [-0.39, 0.29) is 11.5 Å². The van der Waals surface area contributed by atoms with Crippen LogP contribution >= 0.6 is 11.3 Å². The maximum atomic E-state index is 10.2. The van der Waals surface area contributed by atoms with Crippen molar-refractivity contribution in [3.05, 3.63) is 35.3 Å². The number of hydrogen-bond acceptors (Lipinski definition) is 6. The normalized spacial score (nSPS) is 26.1. The third-order valence-electron chi connectivity index (χ3n) is 5.23. The molecule has 1 spiro atoms. The Bertz CT molecular complexity index is 655. The third-order valence-corrected chi connectivity index (χ3v) is 6.20. The van der Waals surface area contributed by atoms with E-state index in [1.807, 2.05) is 18.2 Å². The van der Waals surface area contributed by atoms with Gasteiger partial charge >= 0.3 is 0 Å². The van der Waals surface area contributed by atoms with Gasteiger partial charge in [0.05, 0.1) is 6.10 Å². The quantitative estimate of drug-likeness (QED) is 0.899. The molecule has 122 valence electrons. The van der Waals surface area contributed by atoms with Crippen molar-refractivity contribution in [2.45, 2.75) is 38.0 Å². The summed E-state index contributed by atoms with van der Waals surface area (Å²) in [7, 11) is 0. The molecule has 2 N–H and O–H groups in total. The first-order chi connectivity index (χ1) is 11.3. The van der Waals surface area contributed by atoms with Crippen molar-refractivity contribution in [2.75, 3.05) is 13.2 Å². The van der Waals surface area contributed by atoms with E-state index >= 15 is 0 Å². The molecule has 2 fully saturated rings. The molecule has 1 aromatic heterocycles. The van der Waals surface area contributed by atoms with E-state index in [2.05, 4.69) is 27.6 Å². The SMILES string of the molecule is O[C@@H]1C[C@@H](NCc2nnc(-c3ccccc3)s2)C12CCOCC2. The van der Waals surface area contributed by atoms with Crippen molar-refractivity contribution >= 4 is 11.3 Å². The standard InChI is InChI=1S/C17H21N3O2S/c21-14-10-13(17(14)6-8-22-9-7-17)18-11-15-19-20-16(23-15)12-4-2-1-3-5-12/h1-5,13-14,18,21H,6-11H2/t13-,14-/m1/s1. The fourth-order valence-electron chi connectivity index (χ4n) is 3.72. The number of aromatic nitrogens is 2. The van der Waals surface area contributed by atoms with Crippen LogP contribution in [0.15, 0.2) is 30.3 Å². The molecule has 0 unspecified atom stereocenters. The molecule has 1 aliphatic heterocycles. The van der Waals surface area contributed by atoms with Crippen LogP contribution in [-0.2, 0) is 11.3 Å². The third kappa shape index (κ3) is 2.80. The highest BCUT2D eigenvalue weighted by Crippen LogP contribution is 2.49. The average Bonchev–Trinajstić information content (AvgIpc) is 3.09. The second kappa shape index (κ2) is 6.28. The molecule has 1 aliphatic carbocycles. The molecule has 2 atom stereocenters. The Morgan fingerprint density at radius 2 is 2.00 bits per heavy atom. The second-order valence-corrected chi connectivity index (χ2v) is 7.46. The number of ether oxygens (including phenoxy) is 1. The van der Waals surface area contributed by atoms with Crippen LogP contribution < -0.4 is 5.32 Å². The van der Waals surface area contributed by atoms with Gasteiger partial charge in [-0.3, -0.25) is 0 Å². The Kier molecular flexibility index (Phi) is 4.15. The van der Waals surface area contributed by atoms with Crippen LogP contribution in [-0.4, -0.2) is 40.7 Å². The van der Waals surface area contributed by atoms with Gasteiger partial charge in [-0.2, -0.15) is 0 Å². The van der Waals surface area contributed by atoms with Gasteiger partial charge in [-0.05, 0) is 19.3 Å². The summed E-state index contributed by atoms with van der Waals surface area (Å²) >= 11 is 1.63. The van der Waals surface area contributed by atoms with Crippen molar-refractivity contribution in [3.8, 4) is 10.6 Å². The zero-order valence-electron chi connectivity index (χ0n) is 12.9. The molecule has 1 saturated heterocycles. The zero-order chi connectivity index (χ0) is 15.7. The summed E-state index contributed by atoms with van der Waals surface area (Å²) in [6.45, 7) is 2.23. The van der Waals surface area contributed by atoms with Gasteiger partial charge in [0.2, 0.25) is 0 Å². The minimum absolute atomic E-state index is 0.00516. The summed E-state index contributed by atoms with van der Waals surface area (Å²) in [5, 5.41) is 24.3. The Balaban J connectivity index is 1.39. The van der Waals surface area contributed by atoms with Crippen LogP contribution in [0.5, 0.6) is 0 Å². The number of nitrogens with zero attached hydrogens (tertiary/aromatic N) is 2. The van der Waals surface area contributed by atoms with Gasteiger partial charge in [0.1, 0.15) is 10.0 Å². The number of aliphatic hydroxyl groups excluding tert-OH is 1. The molecule has 2 aromatic rings. The minimum atomic E-state index is -0.196. The van der Waals surface area contributed by atoms with Crippen molar-refractivity contribution in [3.63, 3.8) is 0 Å². The predicted octanol–water partition coefficient (Wildman–Crippen LogP) is 2.22. The fraction of sp³-hybridized carbons (Fsp3) is 0.529. The zero-order valence-corrected chi connectivity index (χ0v) is 13.8. The van der Waals surface area contributed by atoms with Crippen LogP contribution in [0.4, 0.5) is 0 Å². The largest absolute Gasteiger partial charge is 0.392 e. The van der Waals surface area contributed by atoms with Gasteiger partial charge in [-0.25, -0.2) is 0 Å². The van der Waals surface area contributed by atoms with Crippen molar-refractivity contribution in [1.82, 2.24) is 15.5 Å². The lowest BCUT2D eigenvalue weighted by atomic mass is 9.58. The van der Waals surface area contributed by atoms with E-state index in [9.17, 15) is 5.11 Å². The summed E-state index contributed by atoms with van der Waals surface area (Å²) in [6, 6.07) is 10.5. The summed E-state index contributed by atoms with van der Waals surface area (Å²) in [4.78, 5) is 0. The molecule has 2 heterocycles. The van der Waals surface area contributed by atoms with Crippen LogP contribution in [0, 0.1) is 5.41 Å². The van der Waals surface area contributed by atoms with Crippen molar-refractivity contribution in [1.29, 1.82) is 0 Å². The van der Waals surface area contributed by atoms with E-state index in [1.165, 1.54) is 0 Å². The second-order valence-electron chi connectivity index (χ2n) is 6.40. The van der Waals surface area contributed by atoms with Crippen LogP contribution in [0.2, 0.25) is 0 Å². The first kappa shape index (κ1) is 15.2. The summed E-state index contributed by atoms with van der Waals surface area (Å²) in [6.07, 6.45) is 2.51. The first-order valence-electron chi connectivity index (χ1n) is 8.15. The molecule has 2 aliphatic rings. The van der Waals surface area contributed by atoms with E-state index in [1.54, 1.807) is 11.3 Å². The molecular weight excluding hydrogens is 310 g/mol. The Hall–Kier alpha value is -1.34. The van der Waals surface area contributed by atoms with Gasteiger partial charge < -0.3 is 15.2 Å². The van der Waals surface area contributed by atoms with Crippen molar-refractivity contribution < 1.29 is 9.84 Å². The fourth-order valence-corrected chi connectivity index (χ4v) is 4.51. The Morgan fingerprint density at radius 1 is 1.22 bits per heavy atom. The molecule has 1 aromatic carbocycles. The van der Waals surface area contributed by atoms with Crippen LogP contribution in [0.1, 0.15) is 24.3 Å². The Morgan fingerprint density at radius 3 is 2.74 bits per heavy atom. The molecule has 4 rings (SSSR count). The maximum Gasteiger partial charge on any atom is 0.147 e. The molecule has 0 bridgehead atoms. The number of nitrogens with one attached hydrogen (secondary N) is 1. The molecule has 0 amide bonds. The van der Waals surface area contributed by atoms with Gasteiger partial charge in [0.15, 0.2) is 0 Å². The molecule has 0 radical (unpaired) electrons. The highest BCUT2D eigenvalue weighted by Gasteiger charge is 2.54. The number of benzene rings is 1. The van der Waals surface area contributed by atoms with E-state index in [4.69, 9.17) is 4.74 Å². The van der Waals surface area contributed by atoms with Gasteiger partial charge in [-0.1, -0.05) is 41.7 Å². The molecule has 5 nitrogen and oxygen atoms in total. The lowest BCUT2D eigenvalue weighted by Gasteiger charge is -2.55. The average molecular weight is 331 g/mol. The number of hydrogen-bond donors (Lipinski definition) is 2. The Labute approximate surface area is 139 Å². The highest BCUT2D eigenvalue weighted by molar-refractivity contribution is 7.14. The molecule has 23 heavy (non-hydrogen) atoms. The van der Waals surface area contributed by atoms with E-state index in [0.717, 1.165) is 48.1 Å². The highest BCUT2D eigenvalue weighted by atomic mass is 32.1. The summed E-state index contributed by atoms with van der Waals surface area (Å²) in [5.74, 6) is 0. The van der Waals surface area contributed by atoms with Gasteiger partial charge in [0.25, 0.3) is 0 Å². The lowest BCUT2D eigenvalue weighted by Crippen LogP contribution is -2.64. The van der Waals surface area contributed by atoms with Gasteiger partial charge in [-0.15, -0.1) is 10.2 Å². The maximum absolute atomic E-state index is 10.2. The predicted molar refractivity (Wildman–Crippen MR) is 89.1 cm³/mol. The minimum Gasteiger partial charge on any atom is -0.392 e. The molecule has 6 heteroatoms. The van der Waals surface area contributed by atoms with E-state index < -0.39 is 0 Å². The van der Waals surface area contributed by atoms with Crippen LogP contribution in [0.3, 0.4) is 0 Å². The topological polar surface area (TPSA) is 67.3 Å². The monoisotopic (exact) mass is 331 g/mol. The van der Waals surface area contributed by atoms with Crippen LogP contribution in [0.25, 0.3) is 10.6 Å². The number of rotatable bonds is 4. The molecular formula is C17H21N3O2S. The van der Waals surface area contributed by atoms with Gasteiger partial charge in [0, 0.05) is 36.8 Å². The lowest BCUT2D eigenvalue weighted by molar-refractivity contribution is -0.149. The smallest absolute Gasteiger partial charge is 0.147 e. The first-order valence-corrected chi connectivity index (χ1v) is 8.96. The number of aliphatic hydroxyl groups is 1. The summed E-state index contributed by atoms with van der Waals surface area (Å²) < 4.78 is 5.45.